The molecule has 0 spiro atoms. The Labute approximate surface area is 178 Å². The van der Waals surface area contributed by atoms with Gasteiger partial charge < -0.3 is 25.0 Å². The summed E-state index contributed by atoms with van der Waals surface area (Å²) in [5.41, 5.74) is 2.09. The van der Waals surface area contributed by atoms with Crippen molar-refractivity contribution in [2.45, 2.75) is 38.1 Å². The fraction of sp³-hybridized carbons (Fsp3) is 0.565. The van der Waals surface area contributed by atoms with E-state index in [1.165, 1.54) is 25.9 Å². The molecule has 0 bridgehead atoms. The van der Waals surface area contributed by atoms with Crippen molar-refractivity contribution < 1.29 is 9.47 Å². The molecule has 1 aromatic carbocycles. The van der Waals surface area contributed by atoms with Crippen molar-refractivity contribution in [1.29, 1.82) is 5.26 Å². The van der Waals surface area contributed by atoms with Gasteiger partial charge >= 0.3 is 0 Å². The van der Waals surface area contributed by atoms with Crippen LogP contribution in [0.5, 0.6) is 11.5 Å². The maximum absolute atomic E-state index is 9.46. The molecule has 7 heteroatoms. The van der Waals surface area contributed by atoms with Crippen LogP contribution in [0.2, 0.25) is 0 Å². The van der Waals surface area contributed by atoms with Crippen LogP contribution in [0.4, 0.5) is 5.69 Å². The molecule has 2 aliphatic heterocycles. The van der Waals surface area contributed by atoms with Crippen LogP contribution in [-0.2, 0) is 0 Å². The number of fused-ring (bicyclic) bond motifs is 1. The number of hydrogen-bond donors (Lipinski definition) is 2. The van der Waals surface area contributed by atoms with Gasteiger partial charge in [0.05, 0.1) is 19.2 Å². The Bertz CT molecular complexity index is 899. The highest BCUT2D eigenvalue weighted by Crippen LogP contribution is 2.36. The summed E-state index contributed by atoms with van der Waals surface area (Å²) < 4.78 is 11.7. The first-order valence-corrected chi connectivity index (χ1v) is 11.0. The van der Waals surface area contributed by atoms with Gasteiger partial charge in [-0.05, 0) is 70.4 Å². The summed E-state index contributed by atoms with van der Waals surface area (Å²) in [5, 5.41) is 17.4. The lowest BCUT2D eigenvalue weighted by molar-refractivity contribution is 0.254. The number of likely N-dealkylation sites (tertiary alicyclic amines) is 1. The molecule has 2 saturated heterocycles. The average molecular weight is 410 g/mol. The first kappa shape index (κ1) is 20.7. The number of piperidine rings is 1. The molecule has 2 aromatic rings. The molecule has 1 aromatic heterocycles. The molecule has 0 atom stereocenters. The van der Waals surface area contributed by atoms with E-state index in [2.05, 4.69) is 26.6 Å². The van der Waals surface area contributed by atoms with Gasteiger partial charge in [0.25, 0.3) is 0 Å². The van der Waals surface area contributed by atoms with Gasteiger partial charge in [-0.2, -0.15) is 5.26 Å². The van der Waals surface area contributed by atoms with Gasteiger partial charge in [-0.15, -0.1) is 0 Å². The quantitative estimate of drug-likeness (QED) is 0.648. The normalized spacial score (nSPS) is 17.7. The monoisotopic (exact) mass is 409 g/mol. The van der Waals surface area contributed by atoms with E-state index in [0.717, 1.165) is 55.5 Å². The number of hydrogen-bond acceptors (Lipinski definition) is 7. The molecule has 160 valence electrons. The molecule has 0 saturated carbocycles. The Morgan fingerprint density at radius 2 is 2.00 bits per heavy atom. The van der Waals surface area contributed by atoms with E-state index < -0.39 is 0 Å². The van der Waals surface area contributed by atoms with Crippen molar-refractivity contribution in [2.24, 2.45) is 0 Å². The fourth-order valence-electron chi connectivity index (χ4n) is 4.35. The van der Waals surface area contributed by atoms with Crippen molar-refractivity contribution in [3.63, 3.8) is 0 Å². The van der Waals surface area contributed by atoms with E-state index >= 15 is 0 Å². The molecular weight excluding hydrogens is 378 g/mol. The minimum atomic E-state index is 0.385. The summed E-state index contributed by atoms with van der Waals surface area (Å²) in [5.74, 6) is 1.38. The van der Waals surface area contributed by atoms with Crippen molar-refractivity contribution in [2.75, 3.05) is 51.8 Å². The third-order valence-corrected chi connectivity index (χ3v) is 5.98. The number of ether oxygens (including phenoxy) is 2. The molecule has 7 nitrogen and oxygen atoms in total. The van der Waals surface area contributed by atoms with Crippen LogP contribution in [0.25, 0.3) is 10.9 Å². The van der Waals surface area contributed by atoms with Crippen LogP contribution in [0.15, 0.2) is 18.2 Å². The summed E-state index contributed by atoms with van der Waals surface area (Å²) in [6.45, 7) is 6.11. The Balaban J connectivity index is 1.53. The SMILES string of the molecule is COc1cc2c(NC3CCNCC3)cc(C#N)nc2cc1OCCCN1CCCC1. The van der Waals surface area contributed by atoms with Crippen LogP contribution in [0.3, 0.4) is 0 Å². The number of benzene rings is 1. The molecule has 0 radical (unpaired) electrons. The lowest BCUT2D eigenvalue weighted by atomic mass is 10.0. The number of rotatable bonds is 8. The number of anilines is 1. The van der Waals surface area contributed by atoms with Crippen LogP contribution in [0, 0.1) is 11.3 Å². The minimum Gasteiger partial charge on any atom is -0.493 e. The highest BCUT2D eigenvalue weighted by Gasteiger charge is 2.17. The van der Waals surface area contributed by atoms with Gasteiger partial charge in [0.15, 0.2) is 11.5 Å². The van der Waals surface area contributed by atoms with Crippen molar-refractivity contribution in [1.82, 2.24) is 15.2 Å². The van der Waals surface area contributed by atoms with Crippen LogP contribution >= 0.6 is 0 Å². The molecule has 2 fully saturated rings. The van der Waals surface area contributed by atoms with Crippen LogP contribution in [0.1, 0.15) is 37.8 Å². The first-order valence-electron chi connectivity index (χ1n) is 11.0. The topological polar surface area (TPSA) is 82.4 Å². The van der Waals surface area contributed by atoms with Gasteiger partial charge in [0, 0.05) is 29.7 Å². The summed E-state index contributed by atoms with van der Waals surface area (Å²) in [4.78, 5) is 7.00. The van der Waals surface area contributed by atoms with Gasteiger partial charge in [-0.3, -0.25) is 0 Å². The van der Waals surface area contributed by atoms with Gasteiger partial charge in [-0.25, -0.2) is 4.98 Å². The third-order valence-electron chi connectivity index (χ3n) is 5.98. The second kappa shape index (κ2) is 9.96. The number of nitrogens with zero attached hydrogens (tertiary/aromatic N) is 3. The van der Waals surface area contributed by atoms with Crippen molar-refractivity contribution >= 4 is 16.6 Å². The Hall–Kier alpha value is -2.56. The van der Waals surface area contributed by atoms with E-state index in [1.54, 1.807) is 7.11 Å². The number of aromatic nitrogens is 1. The number of pyridine rings is 1. The fourth-order valence-corrected chi connectivity index (χ4v) is 4.35. The summed E-state index contributed by atoms with van der Waals surface area (Å²) in [6.07, 6.45) is 5.71. The highest BCUT2D eigenvalue weighted by molar-refractivity contribution is 5.94. The average Bonchev–Trinajstić information content (AvgIpc) is 3.30. The van der Waals surface area contributed by atoms with E-state index in [4.69, 9.17) is 9.47 Å². The summed E-state index contributed by atoms with van der Waals surface area (Å²) >= 11 is 0. The Morgan fingerprint density at radius 3 is 2.73 bits per heavy atom. The summed E-state index contributed by atoms with van der Waals surface area (Å²) in [7, 11) is 1.66. The zero-order valence-electron chi connectivity index (χ0n) is 17.7. The Kier molecular flexibility index (Phi) is 6.88. The standard InChI is InChI=1S/C23H31N5O2/c1-29-22-14-19-20(26-17-5-7-25-8-6-17)13-18(16-24)27-21(19)15-23(22)30-12-4-11-28-9-2-3-10-28/h13-15,17,25H,2-12H2,1H3,(H,26,27). The molecule has 0 amide bonds. The molecule has 2 N–H and O–H groups in total. The molecular formula is C23H31N5O2. The molecule has 0 unspecified atom stereocenters. The predicted octanol–water partition coefficient (Wildman–Crippen LogP) is 3.14. The molecule has 2 aliphatic rings. The predicted molar refractivity (Wildman–Crippen MR) is 118 cm³/mol. The van der Waals surface area contributed by atoms with Gasteiger partial charge in [0.2, 0.25) is 0 Å². The number of nitriles is 1. The smallest absolute Gasteiger partial charge is 0.163 e. The summed E-state index contributed by atoms with van der Waals surface area (Å²) in [6, 6.07) is 8.28. The highest BCUT2D eigenvalue weighted by atomic mass is 16.5. The zero-order chi connectivity index (χ0) is 20.8. The van der Waals surface area contributed by atoms with E-state index in [0.29, 0.717) is 29.8 Å². The zero-order valence-corrected chi connectivity index (χ0v) is 17.7. The Morgan fingerprint density at radius 1 is 1.20 bits per heavy atom. The molecule has 4 rings (SSSR count). The van der Waals surface area contributed by atoms with E-state index in [1.807, 2.05) is 18.2 Å². The molecule has 0 aliphatic carbocycles. The van der Waals surface area contributed by atoms with Crippen LogP contribution < -0.4 is 20.1 Å². The van der Waals surface area contributed by atoms with Crippen LogP contribution in [-0.4, -0.2) is 62.4 Å². The molecule has 30 heavy (non-hydrogen) atoms. The second-order valence-corrected chi connectivity index (χ2v) is 8.11. The maximum Gasteiger partial charge on any atom is 0.163 e. The number of methoxy groups -OCH3 is 1. The maximum atomic E-state index is 9.46. The lowest BCUT2D eigenvalue weighted by Crippen LogP contribution is -2.35. The van der Waals surface area contributed by atoms with Crippen molar-refractivity contribution in [3.8, 4) is 17.6 Å². The third kappa shape index (κ3) is 4.94. The number of nitrogens with one attached hydrogen (secondary N) is 2. The van der Waals surface area contributed by atoms with Crippen molar-refractivity contribution in [3.05, 3.63) is 23.9 Å². The lowest BCUT2D eigenvalue weighted by Gasteiger charge is -2.25. The second-order valence-electron chi connectivity index (χ2n) is 8.11. The van der Waals surface area contributed by atoms with Gasteiger partial charge in [-0.1, -0.05) is 0 Å². The largest absolute Gasteiger partial charge is 0.493 e. The molecule has 3 heterocycles. The van der Waals surface area contributed by atoms with E-state index in [9.17, 15) is 5.26 Å². The first-order chi connectivity index (χ1) is 14.8. The van der Waals surface area contributed by atoms with Gasteiger partial charge in [0.1, 0.15) is 11.8 Å². The van der Waals surface area contributed by atoms with E-state index in [-0.39, 0.29) is 0 Å². The minimum absolute atomic E-state index is 0.385.